The van der Waals surface area contributed by atoms with Crippen LogP contribution in [0.1, 0.15) is 38.3 Å². The lowest BCUT2D eigenvalue weighted by molar-refractivity contribution is 0.0600. The predicted octanol–water partition coefficient (Wildman–Crippen LogP) is 3.63. The Bertz CT molecular complexity index is 834. The topological polar surface area (TPSA) is 46.6 Å². The van der Waals surface area contributed by atoms with Crippen LogP contribution in [-0.4, -0.2) is 37.0 Å². The highest BCUT2D eigenvalue weighted by molar-refractivity contribution is 5.98. The van der Waals surface area contributed by atoms with Gasteiger partial charge in [-0.25, -0.2) is 9.18 Å². The molecule has 3 rings (SSSR count). The highest BCUT2D eigenvalue weighted by Crippen LogP contribution is 2.23. The van der Waals surface area contributed by atoms with E-state index in [1.807, 2.05) is 17.0 Å². The number of hydrogen-bond donors (Lipinski definition) is 0. The van der Waals surface area contributed by atoms with Gasteiger partial charge in [0.15, 0.2) is 0 Å². The summed E-state index contributed by atoms with van der Waals surface area (Å²) in [6, 6.07) is 11.8. The van der Waals surface area contributed by atoms with E-state index in [0.717, 1.165) is 18.4 Å². The van der Waals surface area contributed by atoms with E-state index in [2.05, 4.69) is 0 Å². The van der Waals surface area contributed by atoms with E-state index in [-0.39, 0.29) is 11.7 Å². The quantitative estimate of drug-likeness (QED) is 0.787. The van der Waals surface area contributed by atoms with Crippen molar-refractivity contribution in [3.05, 3.63) is 70.5 Å². The molecule has 26 heavy (non-hydrogen) atoms. The second-order valence-corrected chi connectivity index (χ2v) is 6.77. The third-order valence-corrected chi connectivity index (χ3v) is 4.85. The van der Waals surface area contributed by atoms with Crippen LogP contribution in [0.4, 0.5) is 4.39 Å². The summed E-state index contributed by atoms with van der Waals surface area (Å²) in [7, 11) is 1.32. The molecule has 2 aromatic rings. The summed E-state index contributed by atoms with van der Waals surface area (Å²) in [5.74, 6) is -0.366. The van der Waals surface area contributed by atoms with Gasteiger partial charge in [0.05, 0.1) is 12.7 Å². The van der Waals surface area contributed by atoms with Crippen molar-refractivity contribution in [3.8, 4) is 0 Å². The van der Waals surface area contributed by atoms with Crippen molar-refractivity contribution < 1.29 is 18.7 Å². The molecule has 136 valence electrons. The largest absolute Gasteiger partial charge is 0.465 e. The molecule has 4 nitrogen and oxygen atoms in total. The number of aryl methyl sites for hydroxylation is 1. The molecule has 0 radical (unpaired) electrons. The van der Waals surface area contributed by atoms with E-state index in [0.29, 0.717) is 35.7 Å². The molecule has 1 aliphatic rings. The number of carbonyl (C=O) groups excluding carboxylic acids is 2. The number of ether oxygens (including phenoxy) is 1. The zero-order valence-corrected chi connectivity index (χ0v) is 15.0. The number of rotatable bonds is 4. The van der Waals surface area contributed by atoms with Crippen LogP contribution in [0.15, 0.2) is 42.5 Å². The first-order valence-electron chi connectivity index (χ1n) is 8.70. The van der Waals surface area contributed by atoms with E-state index in [4.69, 9.17) is 4.74 Å². The van der Waals surface area contributed by atoms with Crippen molar-refractivity contribution in [1.82, 2.24) is 4.90 Å². The first-order valence-corrected chi connectivity index (χ1v) is 8.70. The van der Waals surface area contributed by atoms with Crippen molar-refractivity contribution in [1.29, 1.82) is 0 Å². The Labute approximate surface area is 152 Å². The van der Waals surface area contributed by atoms with Crippen LogP contribution < -0.4 is 0 Å². The molecule has 1 amide bonds. The first kappa shape index (κ1) is 18.1. The highest BCUT2D eigenvalue weighted by Gasteiger charge is 2.27. The minimum absolute atomic E-state index is 0.0754. The number of methoxy groups -OCH3 is 1. The molecule has 0 N–H and O–H groups in total. The van der Waals surface area contributed by atoms with Crippen molar-refractivity contribution in [2.45, 2.75) is 19.8 Å². The zero-order valence-electron chi connectivity index (χ0n) is 15.0. The average molecular weight is 355 g/mol. The Hall–Kier alpha value is -2.69. The monoisotopic (exact) mass is 355 g/mol. The van der Waals surface area contributed by atoms with Crippen molar-refractivity contribution >= 4 is 11.9 Å². The summed E-state index contributed by atoms with van der Waals surface area (Å²) in [5, 5.41) is 0. The summed E-state index contributed by atoms with van der Waals surface area (Å²) in [6.45, 7) is 3.11. The van der Waals surface area contributed by atoms with Gasteiger partial charge in [-0.2, -0.15) is 0 Å². The third-order valence-electron chi connectivity index (χ3n) is 4.85. The van der Waals surface area contributed by atoms with Crippen LogP contribution in [0.5, 0.6) is 0 Å². The molecule has 1 saturated heterocycles. The third kappa shape index (κ3) is 3.93. The molecule has 1 unspecified atom stereocenters. The SMILES string of the molecule is COC(=O)c1cccc(C(=O)N2CCC(Cc3ccc(F)c(C)c3)C2)c1. The molecule has 0 bridgehead atoms. The standard InChI is InChI=1S/C21H22FNO3/c1-14-10-15(6-7-19(14)22)11-16-8-9-23(13-16)20(24)17-4-3-5-18(12-17)21(25)26-2/h3-7,10,12,16H,8-9,11,13H2,1-2H3. The molecule has 1 aliphatic heterocycles. The molecule has 0 saturated carbocycles. The average Bonchev–Trinajstić information content (AvgIpc) is 3.12. The zero-order chi connectivity index (χ0) is 18.7. The van der Waals surface area contributed by atoms with Gasteiger partial charge in [0.1, 0.15) is 5.82 Å². The lowest BCUT2D eigenvalue weighted by Crippen LogP contribution is -2.29. The number of carbonyl (C=O) groups is 2. The van der Waals surface area contributed by atoms with E-state index < -0.39 is 5.97 Å². The molecule has 1 atom stereocenters. The number of halogens is 1. The van der Waals surface area contributed by atoms with Crippen LogP contribution in [0, 0.1) is 18.7 Å². The molecule has 0 aromatic heterocycles. The van der Waals surface area contributed by atoms with Crippen molar-refractivity contribution in [2.75, 3.05) is 20.2 Å². The molecular formula is C21H22FNO3. The van der Waals surface area contributed by atoms with E-state index in [9.17, 15) is 14.0 Å². The van der Waals surface area contributed by atoms with Crippen LogP contribution in [0.2, 0.25) is 0 Å². The van der Waals surface area contributed by atoms with Gasteiger partial charge in [0, 0.05) is 18.7 Å². The second kappa shape index (κ2) is 7.68. The van der Waals surface area contributed by atoms with E-state index >= 15 is 0 Å². The van der Waals surface area contributed by atoms with Gasteiger partial charge in [-0.05, 0) is 61.1 Å². The van der Waals surface area contributed by atoms with Gasteiger partial charge in [0.2, 0.25) is 0 Å². The second-order valence-electron chi connectivity index (χ2n) is 6.77. The lowest BCUT2D eigenvalue weighted by Gasteiger charge is -2.17. The Morgan fingerprint density at radius 2 is 1.96 bits per heavy atom. The van der Waals surface area contributed by atoms with Gasteiger partial charge in [-0.3, -0.25) is 4.79 Å². The highest BCUT2D eigenvalue weighted by atomic mass is 19.1. The summed E-state index contributed by atoms with van der Waals surface area (Å²) in [5.41, 5.74) is 2.60. The molecule has 0 aliphatic carbocycles. The fraction of sp³-hybridized carbons (Fsp3) is 0.333. The predicted molar refractivity (Wildman–Crippen MR) is 96.6 cm³/mol. The number of nitrogens with zero attached hydrogens (tertiary/aromatic N) is 1. The first-order chi connectivity index (χ1) is 12.5. The maximum atomic E-state index is 13.4. The van der Waals surface area contributed by atoms with Crippen molar-refractivity contribution in [3.63, 3.8) is 0 Å². The maximum Gasteiger partial charge on any atom is 0.337 e. The maximum absolute atomic E-state index is 13.4. The van der Waals surface area contributed by atoms with Gasteiger partial charge < -0.3 is 9.64 Å². The number of likely N-dealkylation sites (tertiary alicyclic amines) is 1. The molecule has 1 heterocycles. The van der Waals surface area contributed by atoms with Gasteiger partial charge in [-0.15, -0.1) is 0 Å². The minimum Gasteiger partial charge on any atom is -0.465 e. The summed E-state index contributed by atoms with van der Waals surface area (Å²) in [6.07, 6.45) is 1.74. The fourth-order valence-corrected chi connectivity index (χ4v) is 3.43. The van der Waals surface area contributed by atoms with Crippen LogP contribution >= 0.6 is 0 Å². The molecular weight excluding hydrogens is 333 g/mol. The number of amides is 1. The van der Waals surface area contributed by atoms with Gasteiger partial charge in [0.25, 0.3) is 5.91 Å². The van der Waals surface area contributed by atoms with E-state index in [1.54, 1.807) is 31.2 Å². The Morgan fingerprint density at radius 1 is 1.19 bits per heavy atom. The normalized spacial score (nSPS) is 16.6. The fourth-order valence-electron chi connectivity index (χ4n) is 3.43. The van der Waals surface area contributed by atoms with Gasteiger partial charge >= 0.3 is 5.97 Å². The minimum atomic E-state index is -0.453. The Balaban J connectivity index is 1.65. The Kier molecular flexibility index (Phi) is 5.35. The molecule has 0 spiro atoms. The van der Waals surface area contributed by atoms with Crippen molar-refractivity contribution in [2.24, 2.45) is 5.92 Å². The Morgan fingerprint density at radius 3 is 2.69 bits per heavy atom. The molecule has 2 aromatic carbocycles. The smallest absolute Gasteiger partial charge is 0.337 e. The summed E-state index contributed by atoms with van der Waals surface area (Å²) < 4.78 is 18.1. The number of hydrogen-bond acceptors (Lipinski definition) is 3. The molecule has 5 heteroatoms. The van der Waals surface area contributed by atoms with Crippen LogP contribution in [0.25, 0.3) is 0 Å². The van der Waals surface area contributed by atoms with Crippen LogP contribution in [0.3, 0.4) is 0 Å². The number of esters is 1. The van der Waals surface area contributed by atoms with E-state index in [1.165, 1.54) is 13.2 Å². The summed E-state index contributed by atoms with van der Waals surface area (Å²) >= 11 is 0. The lowest BCUT2D eigenvalue weighted by atomic mass is 9.97. The van der Waals surface area contributed by atoms with Crippen LogP contribution in [-0.2, 0) is 11.2 Å². The number of benzene rings is 2. The molecule has 1 fully saturated rings. The van der Waals surface area contributed by atoms with Gasteiger partial charge in [-0.1, -0.05) is 18.2 Å². The summed E-state index contributed by atoms with van der Waals surface area (Å²) in [4.78, 5) is 26.2.